The lowest BCUT2D eigenvalue weighted by Crippen LogP contribution is -2.24. The Morgan fingerprint density at radius 1 is 1.19 bits per heavy atom. The van der Waals surface area contributed by atoms with Gasteiger partial charge in [0, 0.05) is 5.69 Å². The van der Waals surface area contributed by atoms with Gasteiger partial charge in [0.1, 0.15) is 5.76 Å². The first-order valence-electron chi connectivity index (χ1n) is 7.86. The van der Waals surface area contributed by atoms with Crippen LogP contribution >= 0.6 is 0 Å². The fourth-order valence-corrected chi connectivity index (χ4v) is 2.94. The molecule has 1 heterocycles. The number of carbonyl (C=O) groups excluding carboxylic acids is 2. The molecule has 0 spiro atoms. The van der Waals surface area contributed by atoms with Gasteiger partial charge in [-0.1, -0.05) is 19.9 Å². The maximum absolute atomic E-state index is 12.3. The van der Waals surface area contributed by atoms with Crippen LogP contribution in [0.15, 0.2) is 52.0 Å². The number of furan rings is 1. The molecule has 0 fully saturated rings. The van der Waals surface area contributed by atoms with Crippen molar-refractivity contribution in [2.24, 2.45) is 5.92 Å². The Morgan fingerprint density at radius 2 is 1.96 bits per heavy atom. The number of carbonyl (C=O) groups is 2. The summed E-state index contributed by atoms with van der Waals surface area (Å²) in [6.45, 7) is 2.89. The summed E-state index contributed by atoms with van der Waals surface area (Å²) < 4.78 is 36.9. The van der Waals surface area contributed by atoms with Crippen LogP contribution in [0.25, 0.3) is 0 Å². The molecule has 0 radical (unpaired) electrons. The highest BCUT2D eigenvalue weighted by Gasteiger charge is 2.16. The number of sulfonamides is 1. The number of rotatable bonds is 8. The van der Waals surface area contributed by atoms with E-state index in [4.69, 9.17) is 9.15 Å². The summed E-state index contributed by atoms with van der Waals surface area (Å²) in [4.78, 5) is 23.2. The van der Waals surface area contributed by atoms with Crippen molar-refractivity contribution in [2.75, 3.05) is 11.9 Å². The van der Waals surface area contributed by atoms with Crippen molar-refractivity contribution in [3.63, 3.8) is 0 Å². The summed E-state index contributed by atoms with van der Waals surface area (Å²) >= 11 is 0. The Morgan fingerprint density at radius 3 is 2.62 bits per heavy atom. The van der Waals surface area contributed by atoms with Gasteiger partial charge in [0.15, 0.2) is 6.61 Å². The average Bonchev–Trinajstić information content (AvgIpc) is 3.11. The molecule has 2 rings (SSSR count). The number of amides is 1. The van der Waals surface area contributed by atoms with Crippen LogP contribution in [0.5, 0.6) is 0 Å². The number of ether oxygens (including phenoxy) is 1. The summed E-state index contributed by atoms with van der Waals surface area (Å²) in [7, 11) is -3.78. The van der Waals surface area contributed by atoms with Crippen LogP contribution in [-0.4, -0.2) is 26.9 Å². The third-order valence-electron chi connectivity index (χ3n) is 3.26. The molecule has 8 nitrogen and oxygen atoms in total. The summed E-state index contributed by atoms with van der Waals surface area (Å²) in [6.07, 6.45) is 1.45. The number of hydrogen-bond acceptors (Lipinski definition) is 6. The highest BCUT2D eigenvalue weighted by atomic mass is 32.2. The van der Waals surface area contributed by atoms with Gasteiger partial charge in [-0.05, 0) is 30.3 Å². The molecule has 0 saturated heterocycles. The maximum Gasteiger partial charge on any atom is 0.308 e. The van der Waals surface area contributed by atoms with Crippen LogP contribution in [0.1, 0.15) is 19.6 Å². The van der Waals surface area contributed by atoms with E-state index in [0.717, 1.165) is 0 Å². The third kappa shape index (κ3) is 5.71. The summed E-state index contributed by atoms with van der Waals surface area (Å²) in [5.41, 5.74) is 0.275. The largest absolute Gasteiger partial charge is 0.468 e. The Bertz CT molecular complexity index is 859. The van der Waals surface area contributed by atoms with Crippen LogP contribution in [0.4, 0.5) is 5.69 Å². The lowest BCUT2D eigenvalue weighted by atomic mass is 10.2. The van der Waals surface area contributed by atoms with Gasteiger partial charge in [-0.15, -0.1) is 0 Å². The quantitative estimate of drug-likeness (QED) is 0.676. The fraction of sp³-hybridized carbons (Fsp3) is 0.294. The first-order chi connectivity index (χ1) is 12.3. The minimum atomic E-state index is -3.78. The minimum Gasteiger partial charge on any atom is -0.468 e. The van der Waals surface area contributed by atoms with Gasteiger partial charge in [0.25, 0.3) is 5.91 Å². The molecule has 2 aromatic rings. The van der Waals surface area contributed by atoms with E-state index in [2.05, 4.69) is 10.0 Å². The van der Waals surface area contributed by atoms with E-state index in [-0.39, 0.29) is 23.0 Å². The fourth-order valence-electron chi connectivity index (χ4n) is 1.90. The molecule has 1 amide bonds. The van der Waals surface area contributed by atoms with Gasteiger partial charge in [-0.25, -0.2) is 13.1 Å². The van der Waals surface area contributed by atoms with Crippen LogP contribution in [0.3, 0.4) is 0 Å². The zero-order valence-corrected chi connectivity index (χ0v) is 15.2. The molecule has 140 valence electrons. The van der Waals surface area contributed by atoms with Crippen molar-refractivity contribution >= 4 is 27.6 Å². The van der Waals surface area contributed by atoms with Crippen molar-refractivity contribution in [1.29, 1.82) is 0 Å². The predicted molar refractivity (Wildman–Crippen MR) is 93.6 cm³/mol. The standard InChI is InChI=1S/C17H20N2O6S/c1-12(2)17(21)25-11-16(20)19-13-5-3-7-15(9-13)26(22,23)18-10-14-6-4-8-24-14/h3-9,12,18H,10-11H2,1-2H3,(H,19,20). The number of anilines is 1. The van der Waals surface area contributed by atoms with E-state index >= 15 is 0 Å². The van der Waals surface area contributed by atoms with Gasteiger partial charge in [-0.2, -0.15) is 0 Å². The van der Waals surface area contributed by atoms with Crippen molar-refractivity contribution in [3.05, 3.63) is 48.4 Å². The molecule has 26 heavy (non-hydrogen) atoms. The summed E-state index contributed by atoms with van der Waals surface area (Å²) in [5.74, 6) is -0.905. The lowest BCUT2D eigenvalue weighted by Gasteiger charge is -2.10. The monoisotopic (exact) mass is 380 g/mol. The molecule has 0 atom stereocenters. The maximum atomic E-state index is 12.3. The smallest absolute Gasteiger partial charge is 0.308 e. The Hall–Kier alpha value is -2.65. The molecule has 0 aliphatic carbocycles. The highest BCUT2D eigenvalue weighted by Crippen LogP contribution is 2.16. The molecule has 2 N–H and O–H groups in total. The second kappa shape index (κ2) is 8.63. The van der Waals surface area contributed by atoms with Crippen LogP contribution in [0, 0.1) is 5.92 Å². The van der Waals surface area contributed by atoms with Gasteiger partial charge >= 0.3 is 5.97 Å². The van der Waals surface area contributed by atoms with Gasteiger partial charge in [0.2, 0.25) is 10.0 Å². The van der Waals surface area contributed by atoms with E-state index in [0.29, 0.717) is 5.76 Å². The Labute approximate surface area is 151 Å². The van der Waals surface area contributed by atoms with Gasteiger partial charge in [-0.3, -0.25) is 9.59 Å². The molecule has 0 saturated carbocycles. The second-order valence-electron chi connectivity index (χ2n) is 5.74. The minimum absolute atomic E-state index is 0.0110. The molecule has 0 bridgehead atoms. The summed E-state index contributed by atoms with van der Waals surface area (Å²) in [5, 5.41) is 2.49. The first-order valence-corrected chi connectivity index (χ1v) is 9.35. The van der Waals surface area contributed by atoms with Crippen LogP contribution < -0.4 is 10.0 Å². The van der Waals surface area contributed by atoms with E-state index < -0.39 is 28.5 Å². The number of esters is 1. The third-order valence-corrected chi connectivity index (χ3v) is 4.66. The SMILES string of the molecule is CC(C)C(=O)OCC(=O)Nc1cccc(S(=O)(=O)NCc2ccco2)c1. The van der Waals surface area contributed by atoms with E-state index in [1.807, 2.05) is 0 Å². The number of nitrogens with one attached hydrogen (secondary N) is 2. The van der Waals surface area contributed by atoms with Crippen molar-refractivity contribution in [1.82, 2.24) is 4.72 Å². The first kappa shape index (κ1) is 19.7. The van der Waals surface area contributed by atoms with Gasteiger partial charge < -0.3 is 14.5 Å². The van der Waals surface area contributed by atoms with E-state index in [1.165, 1.54) is 30.5 Å². The molecule has 9 heteroatoms. The van der Waals surface area contributed by atoms with Crippen LogP contribution in [0.2, 0.25) is 0 Å². The molecule has 1 aromatic carbocycles. The van der Waals surface area contributed by atoms with E-state index in [1.54, 1.807) is 26.0 Å². The van der Waals surface area contributed by atoms with E-state index in [9.17, 15) is 18.0 Å². The molecule has 0 unspecified atom stereocenters. The predicted octanol–water partition coefficient (Wildman–Crippen LogP) is 1.90. The van der Waals surface area contributed by atoms with Crippen LogP contribution in [-0.2, 0) is 30.9 Å². The molecule has 0 aliphatic rings. The lowest BCUT2D eigenvalue weighted by molar-refractivity contribution is -0.150. The Balaban J connectivity index is 1.98. The Kier molecular flexibility index (Phi) is 6.53. The van der Waals surface area contributed by atoms with Crippen molar-refractivity contribution in [2.45, 2.75) is 25.3 Å². The topological polar surface area (TPSA) is 115 Å². The van der Waals surface area contributed by atoms with Gasteiger partial charge in [0.05, 0.1) is 23.6 Å². The highest BCUT2D eigenvalue weighted by molar-refractivity contribution is 7.89. The normalized spacial score (nSPS) is 11.3. The van der Waals surface area contributed by atoms with Crippen molar-refractivity contribution in [3.8, 4) is 0 Å². The average molecular weight is 380 g/mol. The summed E-state index contributed by atoms with van der Waals surface area (Å²) in [6, 6.07) is 9.06. The molecule has 1 aromatic heterocycles. The zero-order chi connectivity index (χ0) is 19.2. The molecular formula is C17H20N2O6S. The number of benzene rings is 1. The zero-order valence-electron chi connectivity index (χ0n) is 14.4. The second-order valence-corrected chi connectivity index (χ2v) is 7.51. The molecular weight excluding hydrogens is 360 g/mol. The van der Waals surface area contributed by atoms with Crippen molar-refractivity contribution < 1.29 is 27.2 Å². The number of hydrogen-bond donors (Lipinski definition) is 2. The molecule has 0 aliphatic heterocycles.